The van der Waals surface area contributed by atoms with E-state index < -0.39 is 0 Å². The summed E-state index contributed by atoms with van der Waals surface area (Å²) in [5, 5.41) is 11.6. The van der Waals surface area contributed by atoms with E-state index in [9.17, 15) is 4.79 Å². The van der Waals surface area contributed by atoms with E-state index in [1.54, 1.807) is 24.3 Å². The maximum absolute atomic E-state index is 12.0. The van der Waals surface area contributed by atoms with Crippen molar-refractivity contribution in [2.45, 2.75) is 6.42 Å². The number of hydrogen-bond acceptors (Lipinski definition) is 4. The lowest BCUT2D eigenvalue weighted by molar-refractivity contribution is 0.0954. The minimum atomic E-state index is -0.146. The first-order valence-electron chi connectivity index (χ1n) is 7.43. The van der Waals surface area contributed by atoms with E-state index in [4.69, 9.17) is 14.7 Å². The van der Waals surface area contributed by atoms with E-state index in [0.717, 1.165) is 17.1 Å². The fourth-order valence-electron chi connectivity index (χ4n) is 2.36. The van der Waals surface area contributed by atoms with Crippen molar-refractivity contribution in [1.29, 1.82) is 5.26 Å². The zero-order chi connectivity index (χ0) is 16.1. The van der Waals surface area contributed by atoms with Crippen LogP contribution in [0.15, 0.2) is 42.5 Å². The molecule has 0 unspecified atom stereocenters. The van der Waals surface area contributed by atoms with Crippen LogP contribution in [0.3, 0.4) is 0 Å². The van der Waals surface area contributed by atoms with Gasteiger partial charge in [0.1, 0.15) is 13.2 Å². The monoisotopic (exact) mass is 308 g/mol. The summed E-state index contributed by atoms with van der Waals surface area (Å²) in [6.45, 7) is 1.66. The number of rotatable bonds is 4. The molecular weight excluding hydrogens is 292 g/mol. The molecule has 1 amide bonds. The normalized spacial score (nSPS) is 12.3. The molecule has 3 rings (SSSR count). The molecule has 23 heavy (non-hydrogen) atoms. The highest BCUT2D eigenvalue weighted by Gasteiger charge is 2.11. The van der Waals surface area contributed by atoms with E-state index >= 15 is 0 Å². The summed E-state index contributed by atoms with van der Waals surface area (Å²) in [6, 6.07) is 14.4. The van der Waals surface area contributed by atoms with E-state index in [-0.39, 0.29) is 5.91 Å². The fourth-order valence-corrected chi connectivity index (χ4v) is 2.36. The molecule has 0 saturated carbocycles. The number of fused-ring (bicyclic) bond motifs is 1. The van der Waals surface area contributed by atoms with Crippen molar-refractivity contribution in [2.24, 2.45) is 0 Å². The number of carbonyl (C=O) groups excluding carboxylic acids is 1. The third-order valence-corrected chi connectivity index (χ3v) is 3.58. The van der Waals surface area contributed by atoms with Gasteiger partial charge in [0.25, 0.3) is 5.91 Å². The van der Waals surface area contributed by atoms with Crippen LogP contribution < -0.4 is 14.8 Å². The quantitative estimate of drug-likeness (QED) is 0.941. The largest absolute Gasteiger partial charge is 0.486 e. The van der Waals surface area contributed by atoms with Crippen molar-refractivity contribution in [3.8, 4) is 17.6 Å². The van der Waals surface area contributed by atoms with Crippen molar-refractivity contribution < 1.29 is 14.3 Å². The van der Waals surface area contributed by atoms with Crippen molar-refractivity contribution in [2.75, 3.05) is 19.8 Å². The number of benzene rings is 2. The van der Waals surface area contributed by atoms with Gasteiger partial charge in [-0.1, -0.05) is 6.07 Å². The van der Waals surface area contributed by atoms with Crippen LogP contribution in [0.2, 0.25) is 0 Å². The van der Waals surface area contributed by atoms with Gasteiger partial charge in [-0.3, -0.25) is 4.79 Å². The number of ether oxygens (including phenoxy) is 2. The third kappa shape index (κ3) is 3.61. The molecule has 0 radical (unpaired) electrons. The Hall–Kier alpha value is -3.00. The van der Waals surface area contributed by atoms with Gasteiger partial charge in [-0.25, -0.2) is 0 Å². The summed E-state index contributed by atoms with van der Waals surface area (Å²) in [7, 11) is 0. The lowest BCUT2D eigenvalue weighted by Gasteiger charge is -2.18. The summed E-state index contributed by atoms with van der Waals surface area (Å²) in [5.74, 6) is 1.38. The van der Waals surface area contributed by atoms with E-state index in [1.165, 1.54) is 0 Å². The van der Waals surface area contributed by atoms with Crippen LogP contribution in [0.5, 0.6) is 11.5 Å². The van der Waals surface area contributed by atoms with Crippen molar-refractivity contribution >= 4 is 5.91 Å². The molecule has 1 aliphatic heterocycles. The average Bonchev–Trinajstić information content (AvgIpc) is 2.61. The van der Waals surface area contributed by atoms with Gasteiger partial charge >= 0.3 is 0 Å². The zero-order valence-electron chi connectivity index (χ0n) is 12.5. The predicted octanol–water partition coefficient (Wildman–Crippen LogP) is 2.30. The van der Waals surface area contributed by atoms with E-state index in [1.807, 2.05) is 24.3 Å². The number of amides is 1. The Labute approximate surface area is 134 Å². The van der Waals surface area contributed by atoms with Crippen LogP contribution in [-0.4, -0.2) is 25.7 Å². The number of nitriles is 1. The second-order valence-corrected chi connectivity index (χ2v) is 5.17. The molecule has 0 aliphatic carbocycles. The van der Waals surface area contributed by atoms with Crippen LogP contribution >= 0.6 is 0 Å². The zero-order valence-corrected chi connectivity index (χ0v) is 12.5. The molecule has 0 saturated heterocycles. The second-order valence-electron chi connectivity index (χ2n) is 5.17. The molecule has 116 valence electrons. The SMILES string of the molecule is N#Cc1ccc(C(=O)NCCc2ccc3c(c2)OCCO3)cc1. The molecule has 0 atom stereocenters. The van der Waals surface area contributed by atoms with Crippen molar-refractivity contribution in [1.82, 2.24) is 5.32 Å². The van der Waals surface area contributed by atoms with Crippen LogP contribution in [0.1, 0.15) is 21.5 Å². The number of nitrogens with zero attached hydrogens (tertiary/aromatic N) is 1. The Morgan fingerprint density at radius 3 is 2.57 bits per heavy atom. The van der Waals surface area contributed by atoms with Crippen molar-refractivity contribution in [3.63, 3.8) is 0 Å². The smallest absolute Gasteiger partial charge is 0.251 e. The Morgan fingerprint density at radius 2 is 1.83 bits per heavy atom. The number of carbonyl (C=O) groups is 1. The Morgan fingerprint density at radius 1 is 1.09 bits per heavy atom. The maximum atomic E-state index is 12.0. The van der Waals surface area contributed by atoms with Gasteiger partial charge in [-0.15, -0.1) is 0 Å². The molecule has 1 heterocycles. The van der Waals surface area contributed by atoms with Crippen LogP contribution in [0, 0.1) is 11.3 Å². The van der Waals surface area contributed by atoms with Crippen LogP contribution in [0.4, 0.5) is 0 Å². The van der Waals surface area contributed by atoms with E-state index in [0.29, 0.717) is 37.3 Å². The third-order valence-electron chi connectivity index (χ3n) is 3.58. The first-order valence-corrected chi connectivity index (χ1v) is 7.43. The Bertz CT molecular complexity index is 748. The topological polar surface area (TPSA) is 71.4 Å². The maximum Gasteiger partial charge on any atom is 0.251 e. The first kappa shape index (κ1) is 14.9. The highest BCUT2D eigenvalue weighted by Crippen LogP contribution is 2.30. The number of hydrogen-bond donors (Lipinski definition) is 1. The Kier molecular flexibility index (Phi) is 4.44. The lowest BCUT2D eigenvalue weighted by atomic mass is 10.1. The highest BCUT2D eigenvalue weighted by molar-refractivity contribution is 5.94. The van der Waals surface area contributed by atoms with Gasteiger partial charge in [0.05, 0.1) is 11.6 Å². The molecular formula is C18H16N2O3. The van der Waals surface area contributed by atoms with Crippen LogP contribution in [0.25, 0.3) is 0 Å². The van der Waals surface area contributed by atoms with Gasteiger partial charge in [0, 0.05) is 12.1 Å². The molecule has 2 aromatic carbocycles. The molecule has 0 fully saturated rings. The fraction of sp³-hybridized carbons (Fsp3) is 0.222. The van der Waals surface area contributed by atoms with Gasteiger partial charge in [-0.2, -0.15) is 5.26 Å². The van der Waals surface area contributed by atoms with Gasteiger partial charge < -0.3 is 14.8 Å². The molecule has 1 N–H and O–H groups in total. The molecule has 1 aliphatic rings. The minimum Gasteiger partial charge on any atom is -0.486 e. The lowest BCUT2D eigenvalue weighted by Crippen LogP contribution is -2.25. The number of nitrogens with one attached hydrogen (secondary N) is 1. The second kappa shape index (κ2) is 6.84. The first-order chi connectivity index (χ1) is 11.3. The van der Waals surface area contributed by atoms with Gasteiger partial charge in [-0.05, 0) is 48.4 Å². The molecule has 5 heteroatoms. The average molecular weight is 308 g/mol. The van der Waals surface area contributed by atoms with Gasteiger partial charge in [0.15, 0.2) is 11.5 Å². The predicted molar refractivity (Wildman–Crippen MR) is 84.6 cm³/mol. The molecule has 0 spiro atoms. The molecule has 0 bridgehead atoms. The standard InChI is InChI=1S/C18H16N2O3/c19-12-14-1-4-15(5-2-14)18(21)20-8-7-13-3-6-16-17(11-13)23-10-9-22-16/h1-6,11H,7-10H2,(H,20,21). The van der Waals surface area contributed by atoms with Crippen molar-refractivity contribution in [3.05, 3.63) is 59.2 Å². The molecule has 2 aromatic rings. The summed E-state index contributed by atoms with van der Waals surface area (Å²) in [4.78, 5) is 12.0. The van der Waals surface area contributed by atoms with E-state index in [2.05, 4.69) is 5.32 Å². The summed E-state index contributed by atoms with van der Waals surface area (Å²) < 4.78 is 11.0. The minimum absolute atomic E-state index is 0.146. The highest BCUT2D eigenvalue weighted by atomic mass is 16.6. The summed E-state index contributed by atoms with van der Waals surface area (Å²) in [5.41, 5.74) is 2.17. The molecule has 5 nitrogen and oxygen atoms in total. The summed E-state index contributed by atoms with van der Waals surface area (Å²) in [6.07, 6.45) is 0.707. The Balaban J connectivity index is 1.54. The van der Waals surface area contributed by atoms with Gasteiger partial charge in [0.2, 0.25) is 0 Å². The molecule has 0 aromatic heterocycles. The van der Waals surface area contributed by atoms with Crippen LogP contribution in [-0.2, 0) is 6.42 Å². The summed E-state index contributed by atoms with van der Waals surface area (Å²) >= 11 is 0.